The van der Waals surface area contributed by atoms with E-state index in [9.17, 15) is 4.79 Å². The fraction of sp³-hybridized carbons (Fsp3) is 0.133. The second-order valence-corrected chi connectivity index (χ2v) is 5.64. The van der Waals surface area contributed by atoms with E-state index in [-0.39, 0.29) is 5.91 Å². The molecule has 106 valence electrons. The van der Waals surface area contributed by atoms with Crippen LogP contribution in [0.3, 0.4) is 0 Å². The first-order valence-electron chi connectivity index (χ1n) is 6.39. The molecule has 6 heteroatoms. The number of anilines is 1. The summed E-state index contributed by atoms with van der Waals surface area (Å²) in [5.74, 6) is 0.611. The number of nitrogens with one attached hydrogen (secondary N) is 1. The molecule has 0 atom stereocenters. The number of hydrogen-bond donors (Lipinski definition) is 1. The second-order valence-electron chi connectivity index (χ2n) is 4.56. The molecule has 0 aliphatic carbocycles. The van der Waals surface area contributed by atoms with Gasteiger partial charge in [-0.1, -0.05) is 5.16 Å². The molecule has 0 aliphatic rings. The van der Waals surface area contributed by atoms with Crippen LogP contribution in [0.15, 0.2) is 41.2 Å². The number of aryl methyl sites for hydroxylation is 2. The van der Waals surface area contributed by atoms with Gasteiger partial charge in [0.05, 0.1) is 28.0 Å². The number of nitrogens with zero attached hydrogens (tertiary/aromatic N) is 2. The molecule has 3 rings (SSSR count). The first-order chi connectivity index (χ1) is 10.1. The quantitative estimate of drug-likeness (QED) is 0.801. The summed E-state index contributed by atoms with van der Waals surface area (Å²) in [4.78, 5) is 17.8. The Morgan fingerprint density at radius 3 is 2.81 bits per heavy atom. The Kier molecular flexibility index (Phi) is 3.53. The van der Waals surface area contributed by atoms with Gasteiger partial charge in [0.15, 0.2) is 0 Å². The molecule has 3 heterocycles. The molecule has 0 aromatic carbocycles. The number of amides is 1. The highest BCUT2D eigenvalue weighted by molar-refractivity contribution is 7.17. The molecule has 1 amide bonds. The summed E-state index contributed by atoms with van der Waals surface area (Å²) in [6.07, 6.45) is 3.27. The van der Waals surface area contributed by atoms with Crippen molar-refractivity contribution in [3.05, 3.63) is 53.0 Å². The van der Waals surface area contributed by atoms with E-state index >= 15 is 0 Å². The van der Waals surface area contributed by atoms with Gasteiger partial charge in [-0.3, -0.25) is 9.78 Å². The van der Waals surface area contributed by atoms with E-state index in [1.807, 2.05) is 19.9 Å². The van der Waals surface area contributed by atoms with Gasteiger partial charge < -0.3 is 9.84 Å². The molecule has 0 fully saturated rings. The third-order valence-corrected chi connectivity index (χ3v) is 4.13. The predicted molar refractivity (Wildman–Crippen MR) is 81.5 cm³/mol. The van der Waals surface area contributed by atoms with Crippen molar-refractivity contribution >= 4 is 22.9 Å². The lowest BCUT2D eigenvalue weighted by atomic mass is 10.2. The van der Waals surface area contributed by atoms with Gasteiger partial charge in [0.25, 0.3) is 5.91 Å². The summed E-state index contributed by atoms with van der Waals surface area (Å²) in [5.41, 5.74) is 2.46. The van der Waals surface area contributed by atoms with Crippen LogP contribution in [-0.4, -0.2) is 16.0 Å². The largest absolute Gasteiger partial charge is 0.361 e. The standard InChI is InChI=1S/C15H13N3O2S/c1-9-14(10(2)20-18-9)12-5-6-13(21-12)15(19)17-11-4-3-7-16-8-11/h3-8H,1-2H3,(H,17,19). The Labute approximate surface area is 125 Å². The molecular weight excluding hydrogens is 286 g/mol. The molecule has 0 aliphatic heterocycles. The van der Waals surface area contributed by atoms with Gasteiger partial charge in [0.1, 0.15) is 5.76 Å². The van der Waals surface area contributed by atoms with Crippen molar-refractivity contribution in [2.24, 2.45) is 0 Å². The molecule has 1 N–H and O–H groups in total. The average Bonchev–Trinajstić information content (AvgIpc) is 3.07. The maximum Gasteiger partial charge on any atom is 0.265 e. The van der Waals surface area contributed by atoms with Crippen LogP contribution in [0.1, 0.15) is 21.1 Å². The summed E-state index contributed by atoms with van der Waals surface area (Å²) in [7, 11) is 0. The van der Waals surface area contributed by atoms with Crippen LogP contribution in [0.4, 0.5) is 5.69 Å². The van der Waals surface area contributed by atoms with Crippen molar-refractivity contribution < 1.29 is 9.32 Å². The monoisotopic (exact) mass is 299 g/mol. The first kappa shape index (κ1) is 13.5. The maximum atomic E-state index is 12.2. The summed E-state index contributed by atoms with van der Waals surface area (Å²) in [6.45, 7) is 3.76. The van der Waals surface area contributed by atoms with Crippen LogP contribution in [0.5, 0.6) is 0 Å². The van der Waals surface area contributed by atoms with Crippen LogP contribution < -0.4 is 5.32 Å². The van der Waals surface area contributed by atoms with Crippen molar-refractivity contribution in [1.82, 2.24) is 10.1 Å². The molecule has 0 radical (unpaired) electrons. The number of aromatic nitrogens is 2. The van der Waals surface area contributed by atoms with E-state index in [0.717, 1.165) is 21.9 Å². The molecule has 5 nitrogen and oxygen atoms in total. The highest BCUT2D eigenvalue weighted by atomic mass is 32.1. The zero-order chi connectivity index (χ0) is 14.8. The first-order valence-corrected chi connectivity index (χ1v) is 7.21. The Hall–Kier alpha value is -2.47. The average molecular weight is 299 g/mol. The number of hydrogen-bond acceptors (Lipinski definition) is 5. The Balaban J connectivity index is 1.84. The number of carbonyl (C=O) groups excluding carboxylic acids is 1. The fourth-order valence-electron chi connectivity index (χ4n) is 2.06. The van der Waals surface area contributed by atoms with E-state index in [0.29, 0.717) is 10.6 Å². The Morgan fingerprint density at radius 2 is 2.14 bits per heavy atom. The summed E-state index contributed by atoms with van der Waals surface area (Å²) >= 11 is 1.41. The summed E-state index contributed by atoms with van der Waals surface area (Å²) in [6, 6.07) is 7.29. The van der Waals surface area contributed by atoms with Gasteiger partial charge in [-0.25, -0.2) is 0 Å². The van der Waals surface area contributed by atoms with Gasteiger partial charge in [0, 0.05) is 11.1 Å². The highest BCUT2D eigenvalue weighted by Crippen LogP contribution is 2.33. The fourth-order valence-corrected chi connectivity index (χ4v) is 3.10. The van der Waals surface area contributed by atoms with Crippen LogP contribution in [-0.2, 0) is 0 Å². The second kappa shape index (κ2) is 5.49. The minimum absolute atomic E-state index is 0.147. The minimum Gasteiger partial charge on any atom is -0.361 e. The van der Waals surface area contributed by atoms with Crippen LogP contribution in [0, 0.1) is 13.8 Å². The highest BCUT2D eigenvalue weighted by Gasteiger charge is 2.16. The van der Waals surface area contributed by atoms with E-state index in [4.69, 9.17) is 4.52 Å². The van der Waals surface area contributed by atoms with Crippen molar-refractivity contribution in [2.75, 3.05) is 5.32 Å². The zero-order valence-corrected chi connectivity index (χ0v) is 12.4. The summed E-state index contributed by atoms with van der Waals surface area (Å²) in [5, 5.41) is 6.75. The molecule has 0 bridgehead atoms. The normalized spacial score (nSPS) is 10.6. The lowest BCUT2D eigenvalue weighted by molar-refractivity contribution is 0.103. The predicted octanol–water partition coefficient (Wildman–Crippen LogP) is 3.67. The van der Waals surface area contributed by atoms with E-state index < -0.39 is 0 Å². The maximum absolute atomic E-state index is 12.2. The van der Waals surface area contributed by atoms with Crippen LogP contribution in [0.2, 0.25) is 0 Å². The number of carbonyl (C=O) groups is 1. The number of thiophene rings is 1. The van der Waals surface area contributed by atoms with E-state index in [1.165, 1.54) is 11.3 Å². The molecule has 0 saturated heterocycles. The van der Waals surface area contributed by atoms with Crippen molar-refractivity contribution in [1.29, 1.82) is 0 Å². The van der Waals surface area contributed by atoms with Crippen molar-refractivity contribution in [3.63, 3.8) is 0 Å². The molecule has 3 aromatic heterocycles. The summed E-state index contributed by atoms with van der Waals surface area (Å²) < 4.78 is 5.16. The van der Waals surface area contributed by atoms with E-state index in [1.54, 1.807) is 30.6 Å². The van der Waals surface area contributed by atoms with Gasteiger partial charge in [-0.15, -0.1) is 11.3 Å². The smallest absolute Gasteiger partial charge is 0.265 e. The lowest BCUT2D eigenvalue weighted by Gasteiger charge is -2.01. The molecule has 3 aromatic rings. The molecule has 21 heavy (non-hydrogen) atoms. The number of pyridine rings is 1. The Bertz CT molecular complexity index is 758. The van der Waals surface area contributed by atoms with Gasteiger partial charge in [-0.05, 0) is 38.1 Å². The van der Waals surface area contributed by atoms with Gasteiger partial charge >= 0.3 is 0 Å². The van der Waals surface area contributed by atoms with Gasteiger partial charge in [0.2, 0.25) is 0 Å². The molecule has 0 saturated carbocycles. The van der Waals surface area contributed by atoms with Crippen molar-refractivity contribution in [3.8, 4) is 10.4 Å². The zero-order valence-electron chi connectivity index (χ0n) is 11.6. The molecular formula is C15H13N3O2S. The lowest BCUT2D eigenvalue weighted by Crippen LogP contribution is -2.09. The van der Waals surface area contributed by atoms with Crippen molar-refractivity contribution in [2.45, 2.75) is 13.8 Å². The molecule has 0 spiro atoms. The SMILES string of the molecule is Cc1noc(C)c1-c1ccc(C(=O)Nc2cccnc2)s1. The Morgan fingerprint density at radius 1 is 1.29 bits per heavy atom. The van der Waals surface area contributed by atoms with Crippen LogP contribution in [0.25, 0.3) is 10.4 Å². The number of rotatable bonds is 3. The minimum atomic E-state index is -0.147. The van der Waals surface area contributed by atoms with Gasteiger partial charge in [-0.2, -0.15) is 0 Å². The molecule has 0 unspecified atom stereocenters. The topological polar surface area (TPSA) is 68.0 Å². The third kappa shape index (κ3) is 2.71. The van der Waals surface area contributed by atoms with E-state index in [2.05, 4.69) is 15.5 Å². The third-order valence-electron chi connectivity index (χ3n) is 3.03. The van der Waals surface area contributed by atoms with Crippen LogP contribution >= 0.6 is 11.3 Å².